The van der Waals surface area contributed by atoms with Gasteiger partial charge in [0.25, 0.3) is 5.56 Å². The van der Waals surface area contributed by atoms with E-state index in [1.165, 1.54) is 18.9 Å². The number of piperazine rings is 1. The molecule has 0 amide bonds. The summed E-state index contributed by atoms with van der Waals surface area (Å²) >= 11 is 0. The maximum atomic E-state index is 13.3. The van der Waals surface area contributed by atoms with Crippen LogP contribution in [0.15, 0.2) is 9.59 Å². The van der Waals surface area contributed by atoms with Crippen molar-refractivity contribution in [2.75, 3.05) is 42.7 Å². The van der Waals surface area contributed by atoms with Crippen molar-refractivity contribution in [2.24, 2.45) is 7.05 Å². The Hall–Kier alpha value is -3.31. The van der Waals surface area contributed by atoms with Gasteiger partial charge in [-0.2, -0.15) is 13.2 Å². The van der Waals surface area contributed by atoms with Gasteiger partial charge in [0, 0.05) is 33.2 Å². The molecule has 1 aromatic rings. The van der Waals surface area contributed by atoms with Crippen molar-refractivity contribution in [1.29, 1.82) is 0 Å². The summed E-state index contributed by atoms with van der Waals surface area (Å²) < 4.78 is 40.8. The molecule has 33 heavy (non-hydrogen) atoms. The van der Waals surface area contributed by atoms with E-state index < -0.39 is 42.0 Å². The van der Waals surface area contributed by atoms with E-state index in [4.69, 9.17) is 4.84 Å². The maximum absolute atomic E-state index is 13.3. The Bertz CT molecular complexity index is 1130. The van der Waals surface area contributed by atoms with Crippen LogP contribution >= 0.6 is 0 Å². The Morgan fingerprint density at radius 2 is 1.85 bits per heavy atom. The van der Waals surface area contributed by atoms with Gasteiger partial charge >= 0.3 is 17.8 Å². The summed E-state index contributed by atoms with van der Waals surface area (Å²) in [5.74, 6) is 2.13. The topological polar surface area (TPSA) is 109 Å². The lowest BCUT2D eigenvalue weighted by Crippen LogP contribution is -2.61. The smallest absolute Gasteiger partial charge is 0.327 e. The van der Waals surface area contributed by atoms with E-state index in [2.05, 4.69) is 17.2 Å². The first-order chi connectivity index (χ1) is 15.5. The summed E-state index contributed by atoms with van der Waals surface area (Å²) in [6.07, 6.45) is -6.48. The molecule has 0 spiro atoms. The molecule has 1 saturated heterocycles. The van der Waals surface area contributed by atoms with Gasteiger partial charge in [0.1, 0.15) is 5.78 Å². The molecule has 1 atom stereocenters. The van der Waals surface area contributed by atoms with Crippen LogP contribution in [0.25, 0.3) is 0 Å². The normalized spacial score (nSPS) is 18.5. The van der Waals surface area contributed by atoms with Crippen LogP contribution in [0.5, 0.6) is 0 Å². The first-order valence-corrected chi connectivity index (χ1v) is 10.0. The number of halogens is 3. The van der Waals surface area contributed by atoms with Crippen LogP contribution in [0.1, 0.15) is 13.8 Å². The zero-order valence-electron chi connectivity index (χ0n) is 18.2. The number of fused-ring (bicyclic) bond motifs is 1. The number of hydrogen-bond donors (Lipinski definition) is 1. The summed E-state index contributed by atoms with van der Waals surface area (Å²) in [5.41, 5.74) is -2.03. The van der Waals surface area contributed by atoms with Crippen molar-refractivity contribution >= 4 is 23.3 Å². The first-order valence-electron chi connectivity index (χ1n) is 10.0. The number of nitrogens with zero attached hydrogens (tertiary/aromatic N) is 5. The van der Waals surface area contributed by atoms with Crippen molar-refractivity contribution in [3.63, 3.8) is 0 Å². The molecule has 0 aliphatic carbocycles. The zero-order chi connectivity index (χ0) is 24.5. The third-order valence-electron chi connectivity index (χ3n) is 5.18. The molecule has 0 aromatic carbocycles. The Balaban J connectivity index is 2.27. The molecule has 1 aromatic heterocycles. The van der Waals surface area contributed by atoms with Crippen LogP contribution < -0.4 is 26.5 Å². The monoisotopic (exact) mass is 472 g/mol. The Labute approximate surface area is 186 Å². The van der Waals surface area contributed by atoms with Gasteiger partial charge in [-0.05, 0) is 13.8 Å². The molecule has 3 rings (SSSR count). The second kappa shape index (κ2) is 9.28. The van der Waals surface area contributed by atoms with Crippen LogP contribution in [0.3, 0.4) is 0 Å². The molecule has 14 heteroatoms. The standard InChI is InChI=1S/C19H23F3N6O5/c1-4-5-8-26-13-14(24(3)18(32)27(15(13)30)11-12(2)29)28(33-16(31)19(20,21)22)17(26)25-9-6-23-7-10-25/h17,23H,6-11H2,1-3H3. The second-order valence-electron chi connectivity index (χ2n) is 7.50. The lowest BCUT2D eigenvalue weighted by atomic mass is 10.3. The van der Waals surface area contributed by atoms with Crippen molar-refractivity contribution in [3.05, 3.63) is 20.8 Å². The van der Waals surface area contributed by atoms with Gasteiger partial charge in [0.2, 0.25) is 0 Å². The molecule has 0 radical (unpaired) electrons. The van der Waals surface area contributed by atoms with Crippen LogP contribution in [0.2, 0.25) is 0 Å². The highest BCUT2D eigenvalue weighted by Gasteiger charge is 2.50. The van der Waals surface area contributed by atoms with Gasteiger partial charge in [0.15, 0.2) is 17.8 Å². The molecule has 3 heterocycles. The van der Waals surface area contributed by atoms with E-state index in [9.17, 15) is 32.3 Å². The Morgan fingerprint density at radius 1 is 1.21 bits per heavy atom. The average Bonchev–Trinajstić information content (AvgIpc) is 3.07. The Kier molecular flexibility index (Phi) is 6.84. The molecular formula is C19H23F3N6O5. The van der Waals surface area contributed by atoms with E-state index in [0.29, 0.717) is 35.8 Å². The van der Waals surface area contributed by atoms with Gasteiger partial charge < -0.3 is 15.1 Å². The van der Waals surface area contributed by atoms with Crippen LogP contribution in [-0.2, 0) is 28.0 Å². The molecule has 0 saturated carbocycles. The van der Waals surface area contributed by atoms with Crippen molar-refractivity contribution < 1.29 is 27.6 Å². The molecule has 2 aliphatic rings. The third kappa shape index (κ3) is 4.60. The molecule has 1 unspecified atom stereocenters. The highest BCUT2D eigenvalue weighted by atomic mass is 19.4. The first kappa shape index (κ1) is 24.3. The number of hydroxylamine groups is 1. The number of rotatable bonds is 5. The summed E-state index contributed by atoms with van der Waals surface area (Å²) in [6.45, 7) is 3.81. The highest BCUT2D eigenvalue weighted by molar-refractivity contribution is 5.80. The minimum atomic E-state index is -5.31. The van der Waals surface area contributed by atoms with E-state index in [1.807, 2.05) is 0 Å². The molecule has 0 bridgehead atoms. The maximum Gasteiger partial charge on any atom is 0.493 e. The number of carbonyl (C=O) groups is 2. The number of hydrogen-bond acceptors (Lipinski definition) is 9. The quantitative estimate of drug-likeness (QED) is 0.540. The lowest BCUT2D eigenvalue weighted by molar-refractivity contribution is -0.203. The number of aromatic nitrogens is 2. The predicted octanol–water partition coefficient (Wildman–Crippen LogP) is -1.00. The minimum absolute atomic E-state index is 0.105. The molecule has 2 aliphatic heterocycles. The van der Waals surface area contributed by atoms with Crippen molar-refractivity contribution in [2.45, 2.75) is 32.9 Å². The molecule has 180 valence electrons. The number of nitrogens with one attached hydrogen (secondary N) is 1. The van der Waals surface area contributed by atoms with E-state index in [0.717, 1.165) is 4.57 Å². The fourth-order valence-corrected chi connectivity index (χ4v) is 3.77. The predicted molar refractivity (Wildman–Crippen MR) is 110 cm³/mol. The molecular weight excluding hydrogens is 449 g/mol. The van der Waals surface area contributed by atoms with Crippen molar-refractivity contribution in [1.82, 2.24) is 19.4 Å². The van der Waals surface area contributed by atoms with Gasteiger partial charge in [-0.15, -0.1) is 11.0 Å². The molecule has 1 fully saturated rings. The Morgan fingerprint density at radius 3 is 2.39 bits per heavy atom. The van der Waals surface area contributed by atoms with Gasteiger partial charge in [-0.3, -0.25) is 23.6 Å². The lowest BCUT2D eigenvalue weighted by Gasteiger charge is -2.40. The summed E-state index contributed by atoms with van der Waals surface area (Å²) in [5, 5.41) is 3.74. The minimum Gasteiger partial charge on any atom is -0.327 e. The fraction of sp³-hybridized carbons (Fsp3) is 0.579. The van der Waals surface area contributed by atoms with E-state index in [-0.39, 0.29) is 18.1 Å². The number of ketones is 1. The molecule has 11 nitrogen and oxygen atoms in total. The van der Waals surface area contributed by atoms with Crippen LogP contribution in [-0.4, -0.2) is 71.0 Å². The summed E-state index contributed by atoms with van der Waals surface area (Å²) in [6, 6.07) is 0. The average molecular weight is 472 g/mol. The third-order valence-corrected chi connectivity index (χ3v) is 5.18. The SMILES string of the molecule is CC#CCN1c2c(n(C)c(=O)n(CC(C)=O)c2=O)N(OC(=O)C(F)(F)F)C1N1CCNCC1. The number of carbonyl (C=O) groups excluding carboxylic acids is 2. The number of alkyl halides is 3. The number of Topliss-reactive ketones (excluding diaryl/α,β-unsaturated/α-hetero) is 1. The molecule has 1 N–H and O–H groups in total. The van der Waals surface area contributed by atoms with Gasteiger partial charge in [0.05, 0.1) is 13.1 Å². The zero-order valence-corrected chi connectivity index (χ0v) is 18.2. The summed E-state index contributed by atoms with van der Waals surface area (Å²) in [7, 11) is 1.22. The van der Waals surface area contributed by atoms with Gasteiger partial charge in [-0.25, -0.2) is 9.59 Å². The largest absolute Gasteiger partial charge is 0.493 e. The van der Waals surface area contributed by atoms with Gasteiger partial charge in [-0.1, -0.05) is 5.92 Å². The fourth-order valence-electron chi connectivity index (χ4n) is 3.77. The van der Waals surface area contributed by atoms with E-state index >= 15 is 0 Å². The van der Waals surface area contributed by atoms with Crippen LogP contribution in [0, 0.1) is 11.8 Å². The number of anilines is 2. The second-order valence-corrected chi connectivity index (χ2v) is 7.50. The van der Waals surface area contributed by atoms with Crippen LogP contribution in [0.4, 0.5) is 24.7 Å². The highest BCUT2D eigenvalue weighted by Crippen LogP contribution is 2.38. The van der Waals surface area contributed by atoms with E-state index in [1.54, 1.807) is 11.8 Å². The summed E-state index contributed by atoms with van der Waals surface area (Å²) in [4.78, 5) is 57.4. The van der Waals surface area contributed by atoms with Crippen molar-refractivity contribution in [3.8, 4) is 11.8 Å².